The van der Waals surface area contributed by atoms with Crippen molar-refractivity contribution in [3.05, 3.63) is 104 Å². The van der Waals surface area contributed by atoms with Gasteiger partial charge in [0.05, 0.1) is 10.5 Å². The van der Waals surface area contributed by atoms with Crippen molar-refractivity contribution < 1.29 is 19.2 Å². The molecule has 3 aromatic rings. The van der Waals surface area contributed by atoms with Crippen molar-refractivity contribution in [2.24, 2.45) is 0 Å². The quantitative estimate of drug-likeness (QED) is 0.319. The van der Waals surface area contributed by atoms with E-state index in [-0.39, 0.29) is 17.2 Å². The number of hydrogen-bond acceptors (Lipinski definition) is 5. The monoisotopic (exact) mass is 407 g/mol. The third-order valence-corrected chi connectivity index (χ3v) is 4.57. The van der Waals surface area contributed by atoms with Crippen molar-refractivity contribution in [1.82, 2.24) is 0 Å². The van der Waals surface area contributed by atoms with Crippen LogP contribution in [0.4, 0.5) is 5.69 Å². The van der Waals surface area contributed by atoms with E-state index in [9.17, 15) is 14.9 Å². The molecule has 0 radical (unpaired) electrons. The summed E-state index contributed by atoms with van der Waals surface area (Å²) in [6.07, 6.45) is 1.55. The summed E-state index contributed by atoms with van der Waals surface area (Å²) in [6.45, 7) is 0.332. The van der Waals surface area contributed by atoms with E-state index in [1.807, 2.05) is 18.2 Å². The van der Waals surface area contributed by atoms with Crippen LogP contribution in [0.1, 0.15) is 21.5 Å². The lowest BCUT2D eigenvalue weighted by atomic mass is 10.1. The lowest BCUT2D eigenvalue weighted by molar-refractivity contribution is -0.384. The number of benzene rings is 3. The zero-order valence-corrected chi connectivity index (χ0v) is 15.8. The summed E-state index contributed by atoms with van der Waals surface area (Å²) in [5.41, 5.74) is 1.97. The molecule has 0 aliphatic carbocycles. The first kappa shape index (κ1) is 18.7. The van der Waals surface area contributed by atoms with Crippen LogP contribution in [0.25, 0.3) is 6.08 Å². The number of ketones is 1. The van der Waals surface area contributed by atoms with Crippen LogP contribution in [0.15, 0.2) is 72.5 Å². The summed E-state index contributed by atoms with van der Waals surface area (Å²) in [5.74, 6) is 0.875. The van der Waals surface area contributed by atoms with Crippen molar-refractivity contribution in [1.29, 1.82) is 0 Å². The maximum absolute atomic E-state index is 12.5. The number of allylic oxidation sites excluding steroid dienone is 1. The highest BCUT2D eigenvalue weighted by Crippen LogP contribution is 2.35. The van der Waals surface area contributed by atoms with E-state index in [0.29, 0.717) is 34.3 Å². The van der Waals surface area contributed by atoms with Crippen LogP contribution < -0.4 is 9.47 Å². The van der Waals surface area contributed by atoms with Crippen LogP contribution in [-0.4, -0.2) is 10.7 Å². The highest BCUT2D eigenvalue weighted by molar-refractivity contribution is 6.30. The van der Waals surface area contributed by atoms with E-state index >= 15 is 0 Å². The standard InChI is InChI=1S/C22H14ClNO5/c23-16-3-1-2-15(10-16)13-28-18-8-9-19-20(12-18)29-21(22(19)25)11-14-4-6-17(7-5-14)24(26)27/h1-12H,13H2/b21-11+. The highest BCUT2D eigenvalue weighted by Gasteiger charge is 2.27. The highest BCUT2D eigenvalue weighted by atomic mass is 35.5. The minimum absolute atomic E-state index is 0.0180. The van der Waals surface area contributed by atoms with Gasteiger partial charge in [0.25, 0.3) is 5.69 Å². The fraction of sp³-hybridized carbons (Fsp3) is 0.0455. The largest absolute Gasteiger partial charge is 0.489 e. The maximum atomic E-state index is 12.5. The molecule has 29 heavy (non-hydrogen) atoms. The summed E-state index contributed by atoms with van der Waals surface area (Å²) in [6, 6.07) is 18.3. The van der Waals surface area contributed by atoms with Crippen molar-refractivity contribution in [2.75, 3.05) is 0 Å². The lowest BCUT2D eigenvalue weighted by Crippen LogP contribution is -1.98. The Morgan fingerprint density at radius 2 is 1.86 bits per heavy atom. The summed E-state index contributed by atoms with van der Waals surface area (Å²) in [7, 11) is 0. The van der Waals surface area contributed by atoms with Crippen LogP contribution in [-0.2, 0) is 6.61 Å². The number of ether oxygens (including phenoxy) is 2. The van der Waals surface area contributed by atoms with E-state index in [4.69, 9.17) is 21.1 Å². The van der Waals surface area contributed by atoms with Crippen molar-refractivity contribution in [3.63, 3.8) is 0 Å². The molecule has 0 unspecified atom stereocenters. The molecule has 1 aliphatic heterocycles. The summed E-state index contributed by atoms with van der Waals surface area (Å²) < 4.78 is 11.5. The van der Waals surface area contributed by atoms with Gasteiger partial charge in [-0.2, -0.15) is 0 Å². The van der Waals surface area contributed by atoms with Gasteiger partial charge in [-0.1, -0.05) is 23.7 Å². The minimum atomic E-state index is -0.477. The normalized spacial score (nSPS) is 13.8. The second-order valence-corrected chi connectivity index (χ2v) is 6.80. The molecular formula is C22H14ClNO5. The van der Waals surface area contributed by atoms with Crippen LogP contribution in [0.3, 0.4) is 0 Å². The second-order valence-electron chi connectivity index (χ2n) is 6.36. The number of halogens is 1. The number of carbonyl (C=O) groups excluding carboxylic acids is 1. The predicted molar refractivity (Wildman–Crippen MR) is 108 cm³/mol. The molecule has 1 aliphatic rings. The van der Waals surface area contributed by atoms with E-state index < -0.39 is 4.92 Å². The average molecular weight is 408 g/mol. The smallest absolute Gasteiger partial charge is 0.269 e. The van der Waals surface area contributed by atoms with Crippen LogP contribution in [0.2, 0.25) is 5.02 Å². The first-order valence-corrected chi connectivity index (χ1v) is 9.07. The number of nitrogens with zero attached hydrogens (tertiary/aromatic N) is 1. The average Bonchev–Trinajstić information content (AvgIpc) is 3.02. The molecule has 0 aromatic heterocycles. The topological polar surface area (TPSA) is 78.7 Å². The van der Waals surface area contributed by atoms with Gasteiger partial charge in [0.15, 0.2) is 5.76 Å². The van der Waals surface area contributed by atoms with Gasteiger partial charge < -0.3 is 9.47 Å². The number of nitro groups is 1. The molecule has 0 amide bonds. The molecule has 0 bridgehead atoms. The van der Waals surface area contributed by atoms with Gasteiger partial charge in [-0.3, -0.25) is 14.9 Å². The first-order chi connectivity index (χ1) is 14.0. The third-order valence-electron chi connectivity index (χ3n) is 4.34. The molecule has 1 heterocycles. The van der Waals surface area contributed by atoms with Crippen molar-refractivity contribution in [2.45, 2.75) is 6.61 Å². The first-order valence-electron chi connectivity index (χ1n) is 8.69. The van der Waals surface area contributed by atoms with Gasteiger partial charge in [0.2, 0.25) is 5.78 Å². The molecule has 144 valence electrons. The molecule has 0 atom stereocenters. The van der Waals surface area contributed by atoms with Gasteiger partial charge in [-0.25, -0.2) is 0 Å². The number of Topliss-reactive ketones (excluding diaryl/α,β-unsaturated/α-hetero) is 1. The lowest BCUT2D eigenvalue weighted by Gasteiger charge is -2.07. The van der Waals surface area contributed by atoms with E-state index in [1.165, 1.54) is 12.1 Å². The SMILES string of the molecule is O=C1/C(=C\c2ccc([N+](=O)[O-])cc2)Oc2cc(OCc3cccc(Cl)c3)ccc21. The molecule has 3 aromatic carbocycles. The molecule has 0 saturated carbocycles. The molecule has 0 spiro atoms. The molecule has 6 nitrogen and oxygen atoms in total. The molecule has 0 N–H and O–H groups in total. The third kappa shape index (κ3) is 4.12. The minimum Gasteiger partial charge on any atom is -0.489 e. The molecule has 0 saturated heterocycles. The Hall–Kier alpha value is -3.64. The van der Waals surface area contributed by atoms with Crippen LogP contribution >= 0.6 is 11.6 Å². The van der Waals surface area contributed by atoms with Gasteiger partial charge >= 0.3 is 0 Å². The maximum Gasteiger partial charge on any atom is 0.269 e. The van der Waals surface area contributed by atoms with E-state index in [0.717, 1.165) is 5.56 Å². The molecule has 0 fully saturated rings. The van der Waals surface area contributed by atoms with Crippen LogP contribution in [0, 0.1) is 10.1 Å². The number of rotatable bonds is 5. The van der Waals surface area contributed by atoms with Crippen molar-refractivity contribution >= 4 is 29.1 Å². The Balaban J connectivity index is 1.50. The van der Waals surface area contributed by atoms with Gasteiger partial charge in [-0.15, -0.1) is 0 Å². The predicted octanol–water partition coefficient (Wildman–Crippen LogP) is 5.44. The van der Waals surface area contributed by atoms with E-state index in [1.54, 1.807) is 42.5 Å². The number of carbonyl (C=O) groups is 1. The Morgan fingerprint density at radius 1 is 1.07 bits per heavy atom. The van der Waals surface area contributed by atoms with Gasteiger partial charge in [-0.05, 0) is 53.6 Å². The van der Waals surface area contributed by atoms with Crippen molar-refractivity contribution in [3.8, 4) is 11.5 Å². The van der Waals surface area contributed by atoms with Crippen LogP contribution in [0.5, 0.6) is 11.5 Å². The summed E-state index contributed by atoms with van der Waals surface area (Å²) >= 11 is 5.97. The Bertz CT molecular complexity index is 1140. The van der Waals surface area contributed by atoms with Gasteiger partial charge in [0.1, 0.15) is 18.1 Å². The molecule has 4 rings (SSSR count). The number of fused-ring (bicyclic) bond motifs is 1. The number of nitro benzene ring substituents is 1. The Labute approximate surface area is 171 Å². The van der Waals surface area contributed by atoms with Gasteiger partial charge in [0, 0.05) is 23.2 Å². The fourth-order valence-electron chi connectivity index (χ4n) is 2.89. The Kier molecular flexibility index (Phi) is 5.01. The second kappa shape index (κ2) is 7.77. The number of hydrogen-bond donors (Lipinski definition) is 0. The summed E-state index contributed by atoms with van der Waals surface area (Å²) in [4.78, 5) is 22.8. The number of non-ortho nitro benzene ring substituents is 1. The summed E-state index contributed by atoms with van der Waals surface area (Å²) in [5, 5.41) is 11.4. The zero-order valence-electron chi connectivity index (χ0n) is 15.0. The molecular weight excluding hydrogens is 394 g/mol. The Morgan fingerprint density at radius 3 is 2.59 bits per heavy atom. The molecule has 7 heteroatoms. The van der Waals surface area contributed by atoms with E-state index in [2.05, 4.69) is 0 Å². The fourth-order valence-corrected chi connectivity index (χ4v) is 3.11. The zero-order chi connectivity index (χ0) is 20.4.